The van der Waals surface area contributed by atoms with Gasteiger partial charge >= 0.3 is 0 Å². The quantitative estimate of drug-likeness (QED) is 0.796. The summed E-state index contributed by atoms with van der Waals surface area (Å²) in [6, 6.07) is 9.31. The predicted octanol–water partition coefficient (Wildman–Crippen LogP) is 2.58. The first kappa shape index (κ1) is 14.1. The summed E-state index contributed by atoms with van der Waals surface area (Å²) < 4.78 is 5.37. The van der Waals surface area contributed by atoms with Gasteiger partial charge in [0.1, 0.15) is 0 Å². The number of hydrogen-bond acceptors (Lipinski definition) is 3. The second-order valence-electron chi connectivity index (χ2n) is 5.07. The van der Waals surface area contributed by atoms with Crippen LogP contribution in [0.15, 0.2) is 36.9 Å². The Balaban J connectivity index is 1.85. The third kappa shape index (κ3) is 4.37. The van der Waals surface area contributed by atoms with Crippen LogP contribution in [0.3, 0.4) is 0 Å². The van der Waals surface area contributed by atoms with E-state index >= 15 is 0 Å². The minimum absolute atomic E-state index is 0.483. The van der Waals surface area contributed by atoms with Crippen molar-refractivity contribution in [2.75, 3.05) is 31.2 Å². The van der Waals surface area contributed by atoms with E-state index in [4.69, 9.17) is 4.74 Å². The molecule has 0 aromatic heterocycles. The fourth-order valence-corrected chi connectivity index (χ4v) is 2.27. The number of ether oxygens (including phenoxy) is 1. The standard InChI is InChI=1S/C16H24N2O/c1-3-4-14(2)17-13-15-5-7-16(8-6-15)18-9-11-19-12-10-18/h3,5-8,14,17H,1,4,9-13H2,2H3. The van der Waals surface area contributed by atoms with Gasteiger partial charge in [0.25, 0.3) is 0 Å². The molecule has 1 atom stereocenters. The molecule has 1 heterocycles. The molecule has 1 N–H and O–H groups in total. The molecule has 1 saturated heterocycles. The predicted molar refractivity (Wildman–Crippen MR) is 80.6 cm³/mol. The normalized spacial score (nSPS) is 17.2. The molecule has 3 nitrogen and oxygen atoms in total. The van der Waals surface area contributed by atoms with Crippen molar-refractivity contribution in [3.05, 3.63) is 42.5 Å². The van der Waals surface area contributed by atoms with E-state index in [1.807, 2.05) is 6.08 Å². The Morgan fingerprint density at radius 1 is 1.32 bits per heavy atom. The third-order valence-corrected chi connectivity index (χ3v) is 3.49. The van der Waals surface area contributed by atoms with Crippen LogP contribution in [-0.2, 0) is 11.3 Å². The molecular weight excluding hydrogens is 236 g/mol. The zero-order valence-electron chi connectivity index (χ0n) is 11.8. The van der Waals surface area contributed by atoms with Gasteiger partial charge in [0.15, 0.2) is 0 Å². The van der Waals surface area contributed by atoms with Gasteiger partial charge < -0.3 is 15.0 Å². The highest BCUT2D eigenvalue weighted by Crippen LogP contribution is 2.16. The van der Waals surface area contributed by atoms with Crippen LogP contribution < -0.4 is 10.2 Å². The molecule has 1 aromatic carbocycles. The van der Waals surface area contributed by atoms with Crippen molar-refractivity contribution in [1.29, 1.82) is 0 Å². The molecule has 0 radical (unpaired) electrons. The largest absolute Gasteiger partial charge is 0.378 e. The van der Waals surface area contributed by atoms with Crippen molar-refractivity contribution in [1.82, 2.24) is 5.32 Å². The fraction of sp³-hybridized carbons (Fsp3) is 0.500. The van der Waals surface area contributed by atoms with Crippen LogP contribution in [0.1, 0.15) is 18.9 Å². The van der Waals surface area contributed by atoms with Gasteiger partial charge in [0, 0.05) is 31.4 Å². The van der Waals surface area contributed by atoms with Crippen LogP contribution in [0.2, 0.25) is 0 Å². The summed E-state index contributed by atoms with van der Waals surface area (Å²) in [5, 5.41) is 3.49. The van der Waals surface area contributed by atoms with Crippen LogP contribution in [-0.4, -0.2) is 32.3 Å². The van der Waals surface area contributed by atoms with Crippen molar-refractivity contribution in [3.63, 3.8) is 0 Å². The Bertz CT molecular complexity index is 382. The summed E-state index contributed by atoms with van der Waals surface area (Å²) in [5.74, 6) is 0. The lowest BCUT2D eigenvalue weighted by molar-refractivity contribution is 0.122. The molecule has 0 aliphatic carbocycles. The zero-order chi connectivity index (χ0) is 13.5. The van der Waals surface area contributed by atoms with Gasteiger partial charge in [-0.25, -0.2) is 0 Å². The number of rotatable bonds is 6. The van der Waals surface area contributed by atoms with Crippen LogP contribution in [0.4, 0.5) is 5.69 Å². The first-order chi connectivity index (χ1) is 9.29. The lowest BCUT2D eigenvalue weighted by Crippen LogP contribution is -2.36. The van der Waals surface area contributed by atoms with Gasteiger partial charge in [-0.05, 0) is 31.0 Å². The number of anilines is 1. The highest BCUT2D eigenvalue weighted by molar-refractivity contribution is 5.47. The Morgan fingerprint density at radius 3 is 2.63 bits per heavy atom. The highest BCUT2D eigenvalue weighted by atomic mass is 16.5. The number of nitrogens with zero attached hydrogens (tertiary/aromatic N) is 1. The Hall–Kier alpha value is -1.32. The van der Waals surface area contributed by atoms with E-state index in [-0.39, 0.29) is 0 Å². The van der Waals surface area contributed by atoms with Crippen molar-refractivity contribution >= 4 is 5.69 Å². The molecule has 3 heteroatoms. The Labute approximate surface area is 116 Å². The molecule has 2 rings (SSSR count). The van der Waals surface area contributed by atoms with Gasteiger partial charge in [-0.1, -0.05) is 18.2 Å². The minimum atomic E-state index is 0.483. The number of nitrogens with one attached hydrogen (secondary N) is 1. The van der Waals surface area contributed by atoms with E-state index < -0.39 is 0 Å². The first-order valence-electron chi connectivity index (χ1n) is 7.05. The van der Waals surface area contributed by atoms with Crippen LogP contribution in [0, 0.1) is 0 Å². The Morgan fingerprint density at radius 2 is 2.00 bits per heavy atom. The number of benzene rings is 1. The summed E-state index contributed by atoms with van der Waals surface area (Å²) in [6.07, 6.45) is 2.96. The maximum Gasteiger partial charge on any atom is 0.0642 e. The molecule has 0 spiro atoms. The topological polar surface area (TPSA) is 24.5 Å². The van der Waals surface area contributed by atoms with Crippen molar-refractivity contribution < 1.29 is 4.74 Å². The van der Waals surface area contributed by atoms with E-state index in [9.17, 15) is 0 Å². The number of hydrogen-bond donors (Lipinski definition) is 1. The Kier molecular flexibility index (Phi) is 5.43. The van der Waals surface area contributed by atoms with E-state index in [0.29, 0.717) is 6.04 Å². The van der Waals surface area contributed by atoms with Gasteiger partial charge in [-0.2, -0.15) is 0 Å². The SMILES string of the molecule is C=CCC(C)NCc1ccc(N2CCOCC2)cc1. The van der Waals surface area contributed by atoms with Crippen LogP contribution >= 0.6 is 0 Å². The molecule has 0 bridgehead atoms. The average Bonchev–Trinajstić information content (AvgIpc) is 2.47. The summed E-state index contributed by atoms with van der Waals surface area (Å²) in [4.78, 5) is 2.38. The fourth-order valence-electron chi connectivity index (χ4n) is 2.27. The molecule has 0 saturated carbocycles. The molecule has 1 aliphatic heterocycles. The maximum atomic E-state index is 5.37. The smallest absolute Gasteiger partial charge is 0.0642 e. The molecule has 1 aliphatic rings. The van der Waals surface area contributed by atoms with Crippen molar-refractivity contribution in [2.45, 2.75) is 25.9 Å². The summed E-state index contributed by atoms with van der Waals surface area (Å²) >= 11 is 0. The van der Waals surface area contributed by atoms with Gasteiger partial charge in [-0.15, -0.1) is 6.58 Å². The molecule has 1 unspecified atom stereocenters. The average molecular weight is 260 g/mol. The maximum absolute atomic E-state index is 5.37. The van der Waals surface area contributed by atoms with E-state index in [1.54, 1.807) is 0 Å². The van der Waals surface area contributed by atoms with Gasteiger partial charge in [-0.3, -0.25) is 0 Å². The summed E-state index contributed by atoms with van der Waals surface area (Å²) in [6.45, 7) is 10.5. The number of morpholine rings is 1. The summed E-state index contributed by atoms with van der Waals surface area (Å²) in [5.41, 5.74) is 2.62. The van der Waals surface area contributed by atoms with Gasteiger partial charge in [0.05, 0.1) is 13.2 Å². The molecular formula is C16H24N2O. The lowest BCUT2D eigenvalue weighted by Gasteiger charge is -2.29. The van der Waals surface area contributed by atoms with Crippen molar-refractivity contribution in [3.8, 4) is 0 Å². The molecule has 19 heavy (non-hydrogen) atoms. The van der Waals surface area contributed by atoms with E-state index in [2.05, 4.69) is 48.0 Å². The summed E-state index contributed by atoms with van der Waals surface area (Å²) in [7, 11) is 0. The monoisotopic (exact) mass is 260 g/mol. The van der Waals surface area contributed by atoms with E-state index in [0.717, 1.165) is 39.3 Å². The highest BCUT2D eigenvalue weighted by Gasteiger charge is 2.10. The van der Waals surface area contributed by atoms with Crippen LogP contribution in [0.25, 0.3) is 0 Å². The molecule has 1 fully saturated rings. The van der Waals surface area contributed by atoms with Crippen molar-refractivity contribution in [2.24, 2.45) is 0 Å². The first-order valence-corrected chi connectivity index (χ1v) is 7.05. The lowest BCUT2D eigenvalue weighted by atomic mass is 10.1. The minimum Gasteiger partial charge on any atom is -0.378 e. The molecule has 104 valence electrons. The third-order valence-electron chi connectivity index (χ3n) is 3.49. The zero-order valence-corrected chi connectivity index (χ0v) is 11.8. The van der Waals surface area contributed by atoms with E-state index in [1.165, 1.54) is 11.3 Å². The van der Waals surface area contributed by atoms with Gasteiger partial charge in [0.2, 0.25) is 0 Å². The molecule has 1 aromatic rings. The van der Waals surface area contributed by atoms with Crippen LogP contribution in [0.5, 0.6) is 0 Å². The second kappa shape index (κ2) is 7.31. The second-order valence-corrected chi connectivity index (χ2v) is 5.07. The molecule has 0 amide bonds.